The summed E-state index contributed by atoms with van der Waals surface area (Å²) in [5.74, 6) is -3.07. The normalized spacial score (nSPS) is 41.0. The van der Waals surface area contributed by atoms with Gasteiger partial charge in [0.15, 0.2) is 5.79 Å². The fraction of sp³-hybridized carbons (Fsp3) is 0.850. The summed E-state index contributed by atoms with van der Waals surface area (Å²) in [6.45, 7) is 7.15. The van der Waals surface area contributed by atoms with Crippen LogP contribution < -0.4 is 0 Å². The summed E-state index contributed by atoms with van der Waals surface area (Å²) in [6.07, 6.45) is 3.11. The first-order valence-corrected chi connectivity index (χ1v) is 9.63. The minimum absolute atomic E-state index is 0.0492. The predicted octanol–water partition coefficient (Wildman–Crippen LogP) is 1.26. The molecule has 8 atom stereocenters. The lowest BCUT2D eigenvalue weighted by molar-refractivity contribution is -0.258. The van der Waals surface area contributed by atoms with Gasteiger partial charge >= 0.3 is 0 Å². The zero-order chi connectivity index (χ0) is 19.7. The molecule has 150 valence electrons. The third-order valence-electron chi connectivity index (χ3n) is 6.54. The Kier molecular flexibility index (Phi) is 6.67. The first-order valence-electron chi connectivity index (χ1n) is 9.63. The zero-order valence-electron chi connectivity index (χ0n) is 16.3. The molecule has 2 rings (SSSR count). The molecular weight excluding hydrogens is 336 g/mol. The van der Waals surface area contributed by atoms with Gasteiger partial charge in [-0.15, -0.1) is 0 Å². The summed E-state index contributed by atoms with van der Waals surface area (Å²) >= 11 is 0. The van der Waals surface area contributed by atoms with E-state index in [9.17, 15) is 25.2 Å². The summed E-state index contributed by atoms with van der Waals surface area (Å²) in [5, 5.41) is 41.1. The molecule has 1 aliphatic heterocycles. The molecule has 0 aromatic carbocycles. The van der Waals surface area contributed by atoms with Gasteiger partial charge in [-0.25, -0.2) is 0 Å². The van der Waals surface area contributed by atoms with Crippen LogP contribution in [0.3, 0.4) is 0 Å². The van der Waals surface area contributed by atoms with Crippen LogP contribution in [0.25, 0.3) is 0 Å². The fourth-order valence-corrected chi connectivity index (χ4v) is 4.46. The number of hydrogen-bond acceptors (Lipinski definition) is 6. The molecule has 26 heavy (non-hydrogen) atoms. The smallest absolute Gasteiger partial charge is 0.167 e. The first-order chi connectivity index (χ1) is 12.1. The Balaban J connectivity index is 2.07. The van der Waals surface area contributed by atoms with Crippen LogP contribution in [0.1, 0.15) is 47.0 Å². The van der Waals surface area contributed by atoms with Gasteiger partial charge in [0.05, 0.1) is 37.3 Å². The second kappa shape index (κ2) is 8.07. The summed E-state index contributed by atoms with van der Waals surface area (Å²) in [5.41, 5.74) is -0.424. The van der Waals surface area contributed by atoms with Crippen molar-refractivity contribution in [2.45, 2.75) is 65.0 Å². The molecule has 0 amide bonds. The molecule has 0 spiro atoms. The highest BCUT2D eigenvalue weighted by Gasteiger charge is 2.59. The Morgan fingerprint density at radius 3 is 2.54 bits per heavy atom. The molecule has 1 saturated heterocycles. The standard InChI is InChI=1S/C20H34O6/c1-5-7-12(3)15-8-19(15,4)18(24)13(10-21)17(23)14-11-26-20(25,6-2)9-16(14)22/h5,7,12-16,18,21-22,24-25H,6,8-11H2,1-4H3/b7-5-/t12-,13-,14+,15+,16-,18-,19+,20?/m0/s1. The molecule has 6 nitrogen and oxygen atoms in total. The van der Waals surface area contributed by atoms with Crippen LogP contribution >= 0.6 is 0 Å². The number of carbonyl (C=O) groups excluding carboxylic acids is 1. The Hall–Kier alpha value is -0.790. The summed E-state index contributed by atoms with van der Waals surface area (Å²) in [4.78, 5) is 12.9. The Morgan fingerprint density at radius 2 is 2.04 bits per heavy atom. The number of aliphatic hydroxyl groups is 4. The average molecular weight is 370 g/mol. The second-order valence-corrected chi connectivity index (χ2v) is 8.33. The summed E-state index contributed by atoms with van der Waals surface area (Å²) in [6, 6.07) is 0. The van der Waals surface area contributed by atoms with Crippen molar-refractivity contribution in [2.75, 3.05) is 13.2 Å². The van der Waals surface area contributed by atoms with Gasteiger partial charge in [-0.1, -0.05) is 32.9 Å². The third-order valence-corrected chi connectivity index (χ3v) is 6.54. The van der Waals surface area contributed by atoms with Gasteiger partial charge < -0.3 is 25.2 Å². The minimum Gasteiger partial charge on any atom is -0.396 e. The van der Waals surface area contributed by atoms with Crippen molar-refractivity contribution in [3.63, 3.8) is 0 Å². The van der Waals surface area contributed by atoms with Crippen molar-refractivity contribution in [3.05, 3.63) is 12.2 Å². The van der Waals surface area contributed by atoms with Crippen LogP contribution in [0, 0.1) is 29.1 Å². The van der Waals surface area contributed by atoms with Crippen molar-refractivity contribution < 1.29 is 30.0 Å². The molecule has 0 aromatic heterocycles. The lowest BCUT2D eigenvalue weighted by Gasteiger charge is -2.40. The number of allylic oxidation sites excluding steroid dienone is 2. The zero-order valence-corrected chi connectivity index (χ0v) is 16.3. The fourth-order valence-electron chi connectivity index (χ4n) is 4.46. The quantitative estimate of drug-likeness (QED) is 0.479. The van der Waals surface area contributed by atoms with E-state index < -0.39 is 47.6 Å². The topological polar surface area (TPSA) is 107 Å². The Bertz CT molecular complexity index is 534. The van der Waals surface area contributed by atoms with Crippen molar-refractivity contribution in [1.82, 2.24) is 0 Å². The monoisotopic (exact) mass is 370 g/mol. The van der Waals surface area contributed by atoms with Gasteiger partial charge in [-0.05, 0) is 37.0 Å². The molecule has 1 unspecified atom stereocenters. The molecule has 1 aliphatic carbocycles. The van der Waals surface area contributed by atoms with E-state index >= 15 is 0 Å². The molecule has 1 saturated carbocycles. The van der Waals surface area contributed by atoms with Gasteiger partial charge in [0, 0.05) is 6.42 Å². The highest BCUT2D eigenvalue weighted by atomic mass is 16.6. The number of aliphatic hydroxyl groups excluding tert-OH is 3. The van der Waals surface area contributed by atoms with Gasteiger partial charge in [0.25, 0.3) is 0 Å². The molecule has 4 N–H and O–H groups in total. The first kappa shape index (κ1) is 21.5. The van der Waals surface area contributed by atoms with Crippen molar-refractivity contribution in [1.29, 1.82) is 0 Å². The van der Waals surface area contributed by atoms with Gasteiger partial charge in [0.1, 0.15) is 5.78 Å². The second-order valence-electron chi connectivity index (χ2n) is 8.33. The maximum atomic E-state index is 12.9. The van der Waals surface area contributed by atoms with Crippen LogP contribution in [0.15, 0.2) is 12.2 Å². The average Bonchev–Trinajstić information content (AvgIpc) is 3.29. The molecule has 0 aromatic rings. The van der Waals surface area contributed by atoms with E-state index in [1.807, 2.05) is 19.9 Å². The molecule has 2 fully saturated rings. The van der Waals surface area contributed by atoms with E-state index in [1.54, 1.807) is 6.92 Å². The highest BCUT2D eigenvalue weighted by molar-refractivity contribution is 5.85. The van der Waals surface area contributed by atoms with Gasteiger partial charge in [0.2, 0.25) is 0 Å². The highest BCUT2D eigenvalue weighted by Crippen LogP contribution is 2.60. The van der Waals surface area contributed by atoms with Crippen LogP contribution in [-0.4, -0.2) is 57.4 Å². The van der Waals surface area contributed by atoms with Gasteiger partial charge in [-0.2, -0.15) is 0 Å². The summed E-state index contributed by atoms with van der Waals surface area (Å²) in [7, 11) is 0. The number of hydrogen-bond donors (Lipinski definition) is 4. The molecule has 6 heteroatoms. The molecule has 0 radical (unpaired) electrons. The Morgan fingerprint density at radius 1 is 1.38 bits per heavy atom. The van der Waals surface area contributed by atoms with E-state index in [0.717, 1.165) is 6.42 Å². The molecule has 0 bridgehead atoms. The number of ether oxygens (including phenoxy) is 1. The lowest BCUT2D eigenvalue weighted by atomic mass is 9.77. The molecular formula is C20H34O6. The van der Waals surface area contributed by atoms with Crippen molar-refractivity contribution >= 4 is 5.78 Å². The predicted molar refractivity (Wildman–Crippen MR) is 97.1 cm³/mol. The number of ketones is 1. The van der Waals surface area contributed by atoms with Crippen molar-refractivity contribution in [3.8, 4) is 0 Å². The van der Waals surface area contributed by atoms with E-state index in [-0.39, 0.29) is 24.9 Å². The molecule has 1 heterocycles. The SMILES string of the molecule is C/C=C\[C@H](C)[C@H]1C[C@@]1(C)[C@@H](O)[C@@H](CO)C(=O)[C@@H]1COC(O)(CC)C[C@@H]1O. The third kappa shape index (κ3) is 4.04. The van der Waals surface area contributed by atoms with Crippen molar-refractivity contribution in [2.24, 2.45) is 29.1 Å². The minimum atomic E-state index is -1.42. The van der Waals surface area contributed by atoms with Crippen LogP contribution in [-0.2, 0) is 9.53 Å². The number of carbonyl (C=O) groups is 1. The number of Topliss-reactive ketones (excluding diaryl/α,β-unsaturated/α-hetero) is 1. The maximum absolute atomic E-state index is 12.9. The van der Waals surface area contributed by atoms with E-state index in [2.05, 4.69) is 13.0 Å². The largest absolute Gasteiger partial charge is 0.396 e. The van der Waals surface area contributed by atoms with Crippen LogP contribution in [0.4, 0.5) is 0 Å². The van der Waals surface area contributed by atoms with E-state index in [4.69, 9.17) is 4.74 Å². The van der Waals surface area contributed by atoms with Crippen LogP contribution in [0.2, 0.25) is 0 Å². The van der Waals surface area contributed by atoms with Gasteiger partial charge in [-0.3, -0.25) is 4.79 Å². The van der Waals surface area contributed by atoms with Crippen LogP contribution in [0.5, 0.6) is 0 Å². The van der Waals surface area contributed by atoms with E-state index in [1.165, 1.54) is 0 Å². The Labute approximate surface area is 155 Å². The van der Waals surface area contributed by atoms with E-state index in [0.29, 0.717) is 6.42 Å². The number of rotatable bonds is 8. The lowest BCUT2D eigenvalue weighted by Crippen LogP contribution is -2.52. The summed E-state index contributed by atoms with van der Waals surface area (Å²) < 4.78 is 5.39. The molecule has 2 aliphatic rings. The maximum Gasteiger partial charge on any atom is 0.167 e.